The first-order valence-electron chi connectivity index (χ1n) is 6.70. The van der Waals surface area contributed by atoms with Crippen molar-refractivity contribution in [2.24, 2.45) is 0 Å². The molecule has 4 nitrogen and oxygen atoms in total. The van der Waals surface area contributed by atoms with E-state index in [4.69, 9.17) is 4.94 Å². The van der Waals surface area contributed by atoms with E-state index in [1.54, 1.807) is 0 Å². The molecule has 2 rings (SSSR count). The molecule has 4 heteroatoms. The number of hydrogen-bond donors (Lipinski definition) is 0. The van der Waals surface area contributed by atoms with Crippen LogP contribution in [0.25, 0.3) is 0 Å². The Hall–Kier alpha value is -0.640. The smallest absolute Gasteiger partial charge is 0.0617 e. The summed E-state index contributed by atoms with van der Waals surface area (Å²) in [5, 5.41) is 4.58. The van der Waals surface area contributed by atoms with Gasteiger partial charge in [-0.2, -0.15) is 0 Å². The summed E-state index contributed by atoms with van der Waals surface area (Å²) in [4.78, 5) is 15.4. The number of hydroxylamine groups is 2. The second kappa shape index (κ2) is 6.18. The molecule has 0 aromatic carbocycles. The SMILES string of the molecule is O=[N+]ON(C1CCCCC1)C1CCCCC1. The van der Waals surface area contributed by atoms with E-state index < -0.39 is 0 Å². The van der Waals surface area contributed by atoms with Gasteiger partial charge in [-0.1, -0.05) is 48.5 Å². The molecule has 0 saturated heterocycles. The zero-order chi connectivity index (χ0) is 11.2. The van der Waals surface area contributed by atoms with Crippen LogP contribution in [0.15, 0.2) is 0 Å². The molecule has 91 valence electrons. The third-order valence-corrected chi connectivity index (χ3v) is 4.00. The van der Waals surface area contributed by atoms with Gasteiger partial charge < -0.3 is 0 Å². The van der Waals surface area contributed by atoms with Crippen LogP contribution in [0, 0.1) is 4.91 Å². The summed E-state index contributed by atoms with van der Waals surface area (Å²) in [6, 6.07) is 0.851. The van der Waals surface area contributed by atoms with Crippen molar-refractivity contribution >= 4 is 0 Å². The predicted octanol–water partition coefficient (Wildman–Crippen LogP) is 2.90. The van der Waals surface area contributed by atoms with Crippen LogP contribution in [-0.2, 0) is 4.94 Å². The van der Waals surface area contributed by atoms with Gasteiger partial charge in [-0.25, -0.2) is 0 Å². The van der Waals surface area contributed by atoms with Crippen molar-refractivity contribution in [2.45, 2.75) is 76.3 Å². The van der Waals surface area contributed by atoms with Crippen molar-refractivity contribution in [1.29, 1.82) is 0 Å². The molecule has 0 N–H and O–H groups in total. The largest absolute Gasteiger partial charge is 0.645 e. The van der Waals surface area contributed by atoms with Gasteiger partial charge in [-0.15, -0.1) is 0 Å². The Bertz CT molecular complexity index is 193. The van der Waals surface area contributed by atoms with Crippen LogP contribution in [0.2, 0.25) is 0 Å². The summed E-state index contributed by atoms with van der Waals surface area (Å²) in [5.41, 5.74) is 0. The maximum Gasteiger partial charge on any atom is 0.645 e. The molecule has 1 radical (unpaired) electrons. The van der Waals surface area contributed by atoms with Gasteiger partial charge >= 0.3 is 5.34 Å². The second-order valence-corrected chi connectivity index (χ2v) is 5.10. The summed E-state index contributed by atoms with van der Waals surface area (Å²) in [7, 11) is 0. The lowest BCUT2D eigenvalue weighted by Gasteiger charge is -2.34. The normalized spacial score (nSPS) is 24.6. The van der Waals surface area contributed by atoms with Crippen molar-refractivity contribution in [1.82, 2.24) is 10.4 Å². The van der Waals surface area contributed by atoms with E-state index in [0.29, 0.717) is 12.1 Å². The maximum absolute atomic E-state index is 10.4. The molecule has 0 spiro atoms. The minimum atomic E-state index is 0.426. The van der Waals surface area contributed by atoms with Gasteiger partial charge in [0, 0.05) is 0 Å². The van der Waals surface area contributed by atoms with Crippen molar-refractivity contribution in [3.8, 4) is 0 Å². The topological polar surface area (TPSA) is 43.6 Å². The van der Waals surface area contributed by atoms with Gasteiger partial charge in [0.15, 0.2) is 4.91 Å². The Morgan fingerprint density at radius 2 is 1.25 bits per heavy atom. The molecule has 0 unspecified atom stereocenters. The molecule has 0 aliphatic heterocycles. The third-order valence-electron chi connectivity index (χ3n) is 4.00. The van der Waals surface area contributed by atoms with E-state index in [-0.39, 0.29) is 0 Å². The van der Waals surface area contributed by atoms with E-state index >= 15 is 0 Å². The highest BCUT2D eigenvalue weighted by Gasteiger charge is 2.34. The molecular formula is C12H22N2O2+. The standard InChI is InChI=1S/C12H22N2O2/c15-13-16-14(11-7-3-1-4-8-11)12-9-5-2-6-10-12/h11-12H,1-10H2/q+1. The van der Waals surface area contributed by atoms with Gasteiger partial charge in [0.05, 0.1) is 12.1 Å². The Morgan fingerprint density at radius 3 is 1.62 bits per heavy atom. The maximum atomic E-state index is 10.4. The molecule has 2 saturated carbocycles. The minimum absolute atomic E-state index is 0.426. The fraction of sp³-hybridized carbons (Fsp3) is 1.00. The van der Waals surface area contributed by atoms with Crippen molar-refractivity contribution in [3.05, 3.63) is 4.91 Å². The molecule has 2 aliphatic carbocycles. The Balaban J connectivity index is 1.93. The molecular weight excluding hydrogens is 204 g/mol. The molecule has 2 aliphatic rings. The van der Waals surface area contributed by atoms with Gasteiger partial charge in [0.25, 0.3) is 0 Å². The summed E-state index contributed by atoms with van der Waals surface area (Å²) in [6.45, 7) is 0. The zero-order valence-corrected chi connectivity index (χ0v) is 9.94. The first-order chi connectivity index (χ1) is 7.92. The number of rotatable bonds is 4. The molecule has 0 bridgehead atoms. The Kier molecular flexibility index (Phi) is 4.57. The highest BCUT2D eigenvalue weighted by atomic mass is 16.9. The fourth-order valence-corrected chi connectivity index (χ4v) is 3.14. The van der Waals surface area contributed by atoms with E-state index in [9.17, 15) is 4.91 Å². The molecule has 0 heterocycles. The predicted molar refractivity (Wildman–Crippen MR) is 62.2 cm³/mol. The minimum Gasteiger partial charge on any atom is -0.0617 e. The molecule has 0 aromatic heterocycles. The highest BCUT2D eigenvalue weighted by Crippen LogP contribution is 2.29. The quantitative estimate of drug-likeness (QED) is 0.692. The van der Waals surface area contributed by atoms with Crippen LogP contribution < -0.4 is 5.34 Å². The first-order valence-corrected chi connectivity index (χ1v) is 6.70. The van der Waals surface area contributed by atoms with Crippen LogP contribution in [0.5, 0.6) is 0 Å². The van der Waals surface area contributed by atoms with Gasteiger partial charge in [0.1, 0.15) is 0 Å². The fourth-order valence-electron chi connectivity index (χ4n) is 3.14. The molecule has 0 atom stereocenters. The van der Waals surface area contributed by atoms with E-state index in [2.05, 4.69) is 5.34 Å². The van der Waals surface area contributed by atoms with Crippen LogP contribution in [0.3, 0.4) is 0 Å². The zero-order valence-electron chi connectivity index (χ0n) is 9.94. The van der Waals surface area contributed by atoms with Crippen molar-refractivity contribution in [3.63, 3.8) is 0 Å². The second-order valence-electron chi connectivity index (χ2n) is 5.10. The average molecular weight is 226 g/mol. The van der Waals surface area contributed by atoms with Crippen molar-refractivity contribution in [2.75, 3.05) is 0 Å². The summed E-state index contributed by atoms with van der Waals surface area (Å²) < 4.78 is 0. The molecule has 0 aromatic rings. The summed E-state index contributed by atoms with van der Waals surface area (Å²) >= 11 is 0. The van der Waals surface area contributed by atoms with Crippen molar-refractivity contribution < 1.29 is 4.94 Å². The lowest BCUT2D eigenvalue weighted by molar-refractivity contribution is -0.246. The van der Waals surface area contributed by atoms with E-state index in [0.717, 1.165) is 25.7 Å². The summed E-state index contributed by atoms with van der Waals surface area (Å²) in [5.74, 6) is 0. The van der Waals surface area contributed by atoms with Crippen LogP contribution in [0.1, 0.15) is 64.2 Å². The Labute approximate surface area is 97.2 Å². The molecule has 0 amide bonds. The highest BCUT2D eigenvalue weighted by molar-refractivity contribution is 4.79. The average Bonchev–Trinajstić information content (AvgIpc) is 2.38. The first kappa shape index (κ1) is 11.8. The number of hydrogen-bond acceptors (Lipinski definition) is 4. The lowest BCUT2D eigenvalue weighted by atomic mass is 9.90. The van der Waals surface area contributed by atoms with Crippen LogP contribution >= 0.6 is 0 Å². The third kappa shape index (κ3) is 2.94. The van der Waals surface area contributed by atoms with E-state index in [1.807, 2.05) is 5.06 Å². The van der Waals surface area contributed by atoms with Gasteiger partial charge in [-0.3, -0.25) is 0 Å². The molecule has 2 fully saturated rings. The monoisotopic (exact) mass is 226 g/mol. The van der Waals surface area contributed by atoms with Crippen LogP contribution in [-0.4, -0.2) is 17.1 Å². The number of nitrogens with zero attached hydrogens (tertiary/aromatic N) is 2. The lowest BCUT2D eigenvalue weighted by Crippen LogP contribution is -2.45. The van der Waals surface area contributed by atoms with E-state index in [1.165, 1.54) is 38.5 Å². The Morgan fingerprint density at radius 1 is 0.812 bits per heavy atom. The van der Waals surface area contributed by atoms with Gasteiger partial charge in [-0.05, 0) is 25.7 Å². The van der Waals surface area contributed by atoms with Gasteiger partial charge in [0.2, 0.25) is 0 Å². The summed E-state index contributed by atoms with van der Waals surface area (Å²) in [6.07, 6.45) is 12.3. The molecule has 16 heavy (non-hydrogen) atoms. The van der Waals surface area contributed by atoms with Crippen LogP contribution in [0.4, 0.5) is 0 Å².